The SMILES string of the molecule is CN[C@H](c1nnc[nH]1)C(C)C. The van der Waals surface area contributed by atoms with Gasteiger partial charge in [-0.2, -0.15) is 0 Å². The summed E-state index contributed by atoms with van der Waals surface area (Å²) in [4.78, 5) is 2.98. The molecule has 1 rings (SSSR count). The van der Waals surface area contributed by atoms with Gasteiger partial charge in [-0.05, 0) is 13.0 Å². The highest BCUT2D eigenvalue weighted by Gasteiger charge is 2.15. The van der Waals surface area contributed by atoms with E-state index in [1.165, 1.54) is 0 Å². The molecule has 0 fully saturated rings. The maximum Gasteiger partial charge on any atom is 0.147 e. The average molecular weight is 154 g/mol. The molecule has 4 nitrogen and oxygen atoms in total. The Labute approximate surface area is 66.4 Å². The zero-order valence-electron chi connectivity index (χ0n) is 7.13. The first-order chi connectivity index (χ1) is 5.25. The molecule has 0 unspecified atom stereocenters. The van der Waals surface area contributed by atoms with Crippen LogP contribution in [0.3, 0.4) is 0 Å². The Morgan fingerprint density at radius 1 is 1.55 bits per heavy atom. The molecule has 0 bridgehead atoms. The summed E-state index contributed by atoms with van der Waals surface area (Å²) in [5.41, 5.74) is 0. The predicted octanol–water partition coefficient (Wildman–Crippen LogP) is 0.721. The molecule has 1 heterocycles. The second-order valence-electron chi connectivity index (χ2n) is 2.88. The lowest BCUT2D eigenvalue weighted by atomic mass is 10.0. The molecule has 0 aliphatic carbocycles. The van der Waals surface area contributed by atoms with Crippen LogP contribution >= 0.6 is 0 Å². The lowest BCUT2D eigenvalue weighted by molar-refractivity contribution is 0.424. The van der Waals surface area contributed by atoms with Crippen LogP contribution in [0.15, 0.2) is 6.33 Å². The van der Waals surface area contributed by atoms with Crippen LogP contribution in [0.25, 0.3) is 0 Å². The molecule has 2 N–H and O–H groups in total. The second kappa shape index (κ2) is 3.48. The van der Waals surface area contributed by atoms with Gasteiger partial charge in [0.1, 0.15) is 12.2 Å². The van der Waals surface area contributed by atoms with Crippen molar-refractivity contribution in [3.63, 3.8) is 0 Å². The first-order valence-corrected chi connectivity index (χ1v) is 3.79. The number of hydrogen-bond donors (Lipinski definition) is 2. The fourth-order valence-corrected chi connectivity index (χ4v) is 1.15. The van der Waals surface area contributed by atoms with Crippen molar-refractivity contribution in [2.45, 2.75) is 19.9 Å². The highest BCUT2D eigenvalue weighted by atomic mass is 15.2. The van der Waals surface area contributed by atoms with Crippen LogP contribution in [0, 0.1) is 5.92 Å². The second-order valence-corrected chi connectivity index (χ2v) is 2.88. The lowest BCUT2D eigenvalue weighted by Crippen LogP contribution is -2.22. The summed E-state index contributed by atoms with van der Waals surface area (Å²) in [6.07, 6.45) is 1.60. The molecule has 0 saturated heterocycles. The molecular formula is C7H14N4. The van der Waals surface area contributed by atoms with E-state index in [0.29, 0.717) is 5.92 Å². The zero-order valence-corrected chi connectivity index (χ0v) is 7.13. The number of nitrogens with one attached hydrogen (secondary N) is 2. The molecule has 0 amide bonds. The van der Waals surface area contributed by atoms with E-state index in [4.69, 9.17) is 0 Å². The summed E-state index contributed by atoms with van der Waals surface area (Å²) in [6.45, 7) is 4.29. The molecule has 4 heteroatoms. The summed E-state index contributed by atoms with van der Waals surface area (Å²) in [6, 6.07) is 0.275. The normalized spacial score (nSPS) is 13.8. The van der Waals surface area contributed by atoms with Crippen LogP contribution < -0.4 is 5.32 Å². The fraction of sp³-hybridized carbons (Fsp3) is 0.714. The first kappa shape index (κ1) is 8.20. The molecule has 0 aliphatic heterocycles. The number of nitrogens with zero attached hydrogens (tertiary/aromatic N) is 2. The Balaban J connectivity index is 2.71. The molecule has 0 aliphatic rings. The van der Waals surface area contributed by atoms with Crippen molar-refractivity contribution in [2.75, 3.05) is 7.05 Å². The van der Waals surface area contributed by atoms with Crippen LogP contribution in [-0.2, 0) is 0 Å². The van der Waals surface area contributed by atoms with Gasteiger partial charge in [0.2, 0.25) is 0 Å². The van der Waals surface area contributed by atoms with Crippen molar-refractivity contribution in [2.24, 2.45) is 5.92 Å². The maximum absolute atomic E-state index is 3.94. The number of rotatable bonds is 3. The van der Waals surface area contributed by atoms with Gasteiger partial charge in [0.15, 0.2) is 0 Å². The topological polar surface area (TPSA) is 53.6 Å². The minimum Gasteiger partial charge on any atom is -0.330 e. The van der Waals surface area contributed by atoms with Crippen LogP contribution in [0.2, 0.25) is 0 Å². The quantitative estimate of drug-likeness (QED) is 0.674. The van der Waals surface area contributed by atoms with Gasteiger partial charge in [-0.25, -0.2) is 0 Å². The Morgan fingerprint density at radius 3 is 2.64 bits per heavy atom. The zero-order chi connectivity index (χ0) is 8.27. The van der Waals surface area contributed by atoms with E-state index in [0.717, 1.165) is 5.82 Å². The molecule has 1 aromatic heterocycles. The van der Waals surface area contributed by atoms with Crippen molar-refractivity contribution < 1.29 is 0 Å². The molecule has 1 atom stereocenters. The third-order valence-corrected chi connectivity index (χ3v) is 1.71. The van der Waals surface area contributed by atoms with Crippen molar-refractivity contribution in [3.05, 3.63) is 12.2 Å². The van der Waals surface area contributed by atoms with E-state index in [1.807, 2.05) is 7.05 Å². The van der Waals surface area contributed by atoms with Gasteiger partial charge in [0, 0.05) is 0 Å². The largest absolute Gasteiger partial charge is 0.330 e. The molecule has 0 spiro atoms. The minimum atomic E-state index is 0.275. The molecule has 0 saturated carbocycles. The predicted molar refractivity (Wildman–Crippen MR) is 43.0 cm³/mol. The molecule has 11 heavy (non-hydrogen) atoms. The van der Waals surface area contributed by atoms with E-state index in [1.54, 1.807) is 6.33 Å². The standard InChI is InChI=1S/C7H14N4/c1-5(2)6(8-3)7-9-4-10-11-7/h4-6,8H,1-3H3,(H,9,10,11)/t6-/m0/s1. The van der Waals surface area contributed by atoms with Crippen LogP contribution in [0.1, 0.15) is 25.7 Å². The van der Waals surface area contributed by atoms with E-state index >= 15 is 0 Å². The van der Waals surface area contributed by atoms with Gasteiger partial charge in [0.05, 0.1) is 6.04 Å². The Morgan fingerprint density at radius 2 is 2.27 bits per heavy atom. The summed E-state index contributed by atoms with van der Waals surface area (Å²) in [5.74, 6) is 1.43. The fourth-order valence-electron chi connectivity index (χ4n) is 1.15. The average Bonchev–Trinajstić information content (AvgIpc) is 2.40. The van der Waals surface area contributed by atoms with Crippen LogP contribution in [0.5, 0.6) is 0 Å². The van der Waals surface area contributed by atoms with E-state index < -0.39 is 0 Å². The highest BCUT2D eigenvalue weighted by molar-refractivity contribution is 4.91. The van der Waals surface area contributed by atoms with Gasteiger partial charge >= 0.3 is 0 Å². The van der Waals surface area contributed by atoms with Crippen molar-refractivity contribution >= 4 is 0 Å². The third-order valence-electron chi connectivity index (χ3n) is 1.71. The Bertz CT molecular complexity index is 192. The number of aromatic nitrogens is 3. The minimum absolute atomic E-state index is 0.275. The summed E-state index contributed by atoms with van der Waals surface area (Å²) < 4.78 is 0. The summed E-state index contributed by atoms with van der Waals surface area (Å²) in [5, 5.41) is 10.8. The number of aromatic amines is 1. The summed E-state index contributed by atoms with van der Waals surface area (Å²) in [7, 11) is 1.92. The highest BCUT2D eigenvalue weighted by Crippen LogP contribution is 2.15. The molecular weight excluding hydrogens is 140 g/mol. The van der Waals surface area contributed by atoms with Crippen LogP contribution in [-0.4, -0.2) is 22.2 Å². The first-order valence-electron chi connectivity index (χ1n) is 3.79. The van der Waals surface area contributed by atoms with Gasteiger partial charge in [-0.3, -0.25) is 0 Å². The molecule has 62 valence electrons. The van der Waals surface area contributed by atoms with E-state index in [-0.39, 0.29) is 6.04 Å². The maximum atomic E-state index is 3.94. The van der Waals surface area contributed by atoms with Crippen molar-refractivity contribution in [1.29, 1.82) is 0 Å². The van der Waals surface area contributed by atoms with E-state index in [9.17, 15) is 0 Å². The third kappa shape index (κ3) is 1.77. The molecule has 0 aromatic carbocycles. The van der Waals surface area contributed by atoms with Gasteiger partial charge in [0.25, 0.3) is 0 Å². The number of hydrogen-bond acceptors (Lipinski definition) is 3. The van der Waals surface area contributed by atoms with Gasteiger partial charge in [-0.15, -0.1) is 10.2 Å². The molecule has 1 aromatic rings. The van der Waals surface area contributed by atoms with Crippen molar-refractivity contribution in [1.82, 2.24) is 20.5 Å². The molecule has 0 radical (unpaired) electrons. The van der Waals surface area contributed by atoms with Crippen LogP contribution in [0.4, 0.5) is 0 Å². The smallest absolute Gasteiger partial charge is 0.147 e. The van der Waals surface area contributed by atoms with Gasteiger partial charge in [-0.1, -0.05) is 13.8 Å². The van der Waals surface area contributed by atoms with Crippen molar-refractivity contribution in [3.8, 4) is 0 Å². The van der Waals surface area contributed by atoms with Gasteiger partial charge < -0.3 is 10.3 Å². The number of H-pyrrole nitrogens is 1. The monoisotopic (exact) mass is 154 g/mol. The summed E-state index contributed by atoms with van der Waals surface area (Å²) >= 11 is 0. The Hall–Kier alpha value is -0.900. The van der Waals surface area contributed by atoms with E-state index in [2.05, 4.69) is 34.3 Å². The Kier molecular flexibility index (Phi) is 2.59. The lowest BCUT2D eigenvalue weighted by Gasteiger charge is -2.16.